The molecule has 146 valence electrons. The Morgan fingerprint density at radius 3 is 2.33 bits per heavy atom. The van der Waals surface area contributed by atoms with Gasteiger partial charge in [0.05, 0.1) is 5.57 Å². The highest BCUT2D eigenvalue weighted by Gasteiger charge is 2.37. The first kappa shape index (κ1) is 20.9. The Hall–Kier alpha value is -2.43. The van der Waals surface area contributed by atoms with Crippen LogP contribution in [0.1, 0.15) is 65.5 Å². The summed E-state index contributed by atoms with van der Waals surface area (Å²) in [6.07, 6.45) is 3.63. The molecule has 0 bridgehead atoms. The van der Waals surface area contributed by atoms with E-state index in [2.05, 4.69) is 62.6 Å². The lowest BCUT2D eigenvalue weighted by Crippen LogP contribution is -2.35. The second-order valence-electron chi connectivity index (χ2n) is 8.45. The molecule has 1 aliphatic rings. The van der Waals surface area contributed by atoms with E-state index in [1.807, 2.05) is 11.8 Å². The van der Waals surface area contributed by atoms with Crippen LogP contribution >= 0.6 is 0 Å². The Balaban J connectivity index is 2.52. The molecule has 2 rings (SSSR count). The highest BCUT2D eigenvalue weighted by molar-refractivity contribution is 5.99. The molecule has 0 aliphatic heterocycles. The van der Waals surface area contributed by atoms with Crippen molar-refractivity contribution < 1.29 is 9.90 Å². The predicted octanol–water partition coefficient (Wildman–Crippen LogP) is 4.91. The minimum Gasteiger partial charge on any atom is -0.478 e. The van der Waals surface area contributed by atoms with Crippen molar-refractivity contribution in [1.29, 1.82) is 0 Å². The van der Waals surface area contributed by atoms with Crippen molar-refractivity contribution >= 4 is 24.3 Å². The first-order valence-corrected chi connectivity index (χ1v) is 9.40. The quantitative estimate of drug-likeness (QED) is 0.466. The van der Waals surface area contributed by atoms with Gasteiger partial charge in [-0.25, -0.2) is 14.8 Å². The van der Waals surface area contributed by atoms with Crippen molar-refractivity contribution in [3.05, 3.63) is 41.1 Å². The van der Waals surface area contributed by atoms with Crippen LogP contribution in [0.25, 0.3) is 0 Å². The number of hydrogen-bond donors (Lipinski definition) is 1. The molecule has 0 unspecified atom stereocenters. The first-order chi connectivity index (χ1) is 12.5. The lowest BCUT2D eigenvalue weighted by atomic mass is 9.63. The average molecular weight is 370 g/mol. The second kappa shape index (κ2) is 7.67. The molecule has 0 heterocycles. The van der Waals surface area contributed by atoms with E-state index >= 15 is 0 Å². The Morgan fingerprint density at radius 2 is 1.81 bits per heavy atom. The van der Waals surface area contributed by atoms with Crippen LogP contribution in [0.4, 0.5) is 5.69 Å². The average Bonchev–Trinajstić information content (AvgIpc) is 2.62. The van der Waals surface area contributed by atoms with Gasteiger partial charge in [-0.1, -0.05) is 33.8 Å². The monoisotopic (exact) mass is 369 g/mol. The molecule has 27 heavy (non-hydrogen) atoms. The topological polar surface area (TPSA) is 65.3 Å². The predicted molar refractivity (Wildman–Crippen MR) is 113 cm³/mol. The molecule has 0 radical (unpaired) electrons. The van der Waals surface area contributed by atoms with E-state index in [4.69, 9.17) is 5.11 Å². The largest absolute Gasteiger partial charge is 0.478 e. The number of fused-ring (bicyclic) bond motifs is 1. The number of carboxylic acid groups (broad SMARTS) is 1. The summed E-state index contributed by atoms with van der Waals surface area (Å²) in [6.45, 7) is 17.0. The van der Waals surface area contributed by atoms with E-state index in [0.29, 0.717) is 12.5 Å². The van der Waals surface area contributed by atoms with E-state index in [9.17, 15) is 4.79 Å². The molecule has 0 aromatic heterocycles. The fourth-order valence-corrected chi connectivity index (χ4v) is 3.59. The molecule has 0 fully saturated rings. The van der Waals surface area contributed by atoms with Crippen LogP contribution in [0.3, 0.4) is 0 Å². The van der Waals surface area contributed by atoms with Gasteiger partial charge in [-0.05, 0) is 67.5 Å². The van der Waals surface area contributed by atoms with Crippen LogP contribution < -0.4 is 4.90 Å². The van der Waals surface area contributed by atoms with Gasteiger partial charge >= 0.3 is 5.97 Å². The summed E-state index contributed by atoms with van der Waals surface area (Å²) in [5.74, 6) is -0.603. The van der Waals surface area contributed by atoms with Gasteiger partial charge < -0.3 is 10.0 Å². The van der Waals surface area contributed by atoms with Crippen LogP contribution in [-0.4, -0.2) is 30.3 Å². The lowest BCUT2D eigenvalue weighted by Gasteiger charge is -2.42. The standard InChI is InChI=1S/C22H31N3O2/c1-8-25(20(23-7)24-14-15(2)19(26)27)16-9-10-17-18(13-16)22(5,6)12-11-21(17,3)4/h9-10,13-14H,7-8,11-12H2,1-6H3,(H,26,27)/b15-14+,24-20?. The summed E-state index contributed by atoms with van der Waals surface area (Å²) in [6, 6.07) is 6.54. The van der Waals surface area contributed by atoms with Gasteiger partial charge in [0.25, 0.3) is 0 Å². The SMILES string of the molecule is C=NC(=N/C=C(\C)C(=O)O)N(CC)c1ccc2c(c1)C(C)(C)CCC2(C)C. The summed E-state index contributed by atoms with van der Waals surface area (Å²) in [4.78, 5) is 21.3. The third kappa shape index (κ3) is 4.29. The Bertz CT molecular complexity index is 804. The molecule has 0 amide bonds. The fourth-order valence-electron chi connectivity index (χ4n) is 3.59. The van der Waals surface area contributed by atoms with Crippen molar-refractivity contribution in [3.63, 3.8) is 0 Å². The minimum absolute atomic E-state index is 0.110. The molecule has 0 spiro atoms. The molecule has 5 nitrogen and oxygen atoms in total. The van der Waals surface area contributed by atoms with Gasteiger partial charge in [-0.15, -0.1) is 0 Å². The molecule has 0 saturated heterocycles. The molecule has 5 heteroatoms. The number of aliphatic imine (C=N–C) groups is 2. The number of aliphatic carboxylic acids is 1. The highest BCUT2D eigenvalue weighted by Crippen LogP contribution is 2.46. The zero-order valence-electron chi connectivity index (χ0n) is 17.3. The van der Waals surface area contributed by atoms with Gasteiger partial charge in [-0.3, -0.25) is 0 Å². The van der Waals surface area contributed by atoms with Crippen molar-refractivity contribution in [1.82, 2.24) is 0 Å². The van der Waals surface area contributed by atoms with Crippen LogP contribution in [0, 0.1) is 0 Å². The number of benzene rings is 1. The maximum atomic E-state index is 11.0. The first-order valence-electron chi connectivity index (χ1n) is 9.40. The smallest absolute Gasteiger partial charge is 0.332 e. The van der Waals surface area contributed by atoms with Gasteiger partial charge in [-0.2, -0.15) is 0 Å². The van der Waals surface area contributed by atoms with E-state index in [1.54, 1.807) is 0 Å². The minimum atomic E-state index is -0.997. The van der Waals surface area contributed by atoms with E-state index in [0.717, 1.165) is 12.1 Å². The third-order valence-electron chi connectivity index (χ3n) is 5.56. The molecule has 1 aromatic rings. The summed E-state index contributed by atoms with van der Waals surface area (Å²) in [5.41, 5.74) is 4.17. The van der Waals surface area contributed by atoms with Gasteiger partial charge in [0.1, 0.15) is 0 Å². The van der Waals surface area contributed by atoms with Crippen LogP contribution in [0.2, 0.25) is 0 Å². The van der Waals surface area contributed by atoms with Crippen LogP contribution in [-0.2, 0) is 15.6 Å². The summed E-state index contributed by atoms with van der Waals surface area (Å²) in [5, 5.41) is 9.02. The number of guanidine groups is 1. The maximum absolute atomic E-state index is 11.0. The summed E-state index contributed by atoms with van der Waals surface area (Å²) >= 11 is 0. The Kier molecular flexibility index (Phi) is 5.93. The Labute approximate surface area is 162 Å². The van der Waals surface area contributed by atoms with Crippen molar-refractivity contribution in [3.8, 4) is 0 Å². The van der Waals surface area contributed by atoms with Crippen LogP contribution in [0.5, 0.6) is 0 Å². The number of hydrogen-bond acceptors (Lipinski definition) is 2. The molecule has 0 atom stereocenters. The number of carboxylic acids is 1. The molecule has 1 aliphatic carbocycles. The van der Waals surface area contributed by atoms with E-state index in [-0.39, 0.29) is 16.4 Å². The second-order valence-corrected chi connectivity index (χ2v) is 8.45. The molecule has 0 saturated carbocycles. The zero-order chi connectivity index (χ0) is 20.4. The summed E-state index contributed by atoms with van der Waals surface area (Å²) in [7, 11) is 0. The molecular weight excluding hydrogens is 338 g/mol. The zero-order valence-corrected chi connectivity index (χ0v) is 17.3. The number of rotatable bonds is 4. The lowest BCUT2D eigenvalue weighted by molar-refractivity contribution is -0.132. The number of anilines is 1. The van der Waals surface area contributed by atoms with E-state index < -0.39 is 5.97 Å². The highest BCUT2D eigenvalue weighted by atomic mass is 16.4. The molecular formula is C22H31N3O2. The van der Waals surface area contributed by atoms with Crippen LogP contribution in [0.15, 0.2) is 40.0 Å². The third-order valence-corrected chi connectivity index (χ3v) is 5.56. The van der Waals surface area contributed by atoms with Gasteiger partial charge in [0, 0.05) is 18.4 Å². The van der Waals surface area contributed by atoms with Crippen molar-refractivity contribution in [2.24, 2.45) is 9.98 Å². The van der Waals surface area contributed by atoms with Gasteiger partial charge in [0.15, 0.2) is 0 Å². The van der Waals surface area contributed by atoms with E-state index in [1.165, 1.54) is 30.7 Å². The van der Waals surface area contributed by atoms with Crippen molar-refractivity contribution in [2.75, 3.05) is 11.4 Å². The number of nitrogens with zero attached hydrogens (tertiary/aromatic N) is 3. The maximum Gasteiger partial charge on any atom is 0.332 e. The molecule has 1 aromatic carbocycles. The molecule has 1 N–H and O–H groups in total. The van der Waals surface area contributed by atoms with Gasteiger partial charge in [0.2, 0.25) is 5.96 Å². The fraction of sp³-hybridized carbons (Fsp3) is 0.500. The summed E-state index contributed by atoms with van der Waals surface area (Å²) < 4.78 is 0. The normalized spacial score (nSPS) is 18.6. The number of carbonyl (C=O) groups is 1. The van der Waals surface area contributed by atoms with Crippen molar-refractivity contribution in [2.45, 2.75) is 65.2 Å². The Morgan fingerprint density at radius 1 is 1.22 bits per heavy atom.